The lowest BCUT2D eigenvalue weighted by molar-refractivity contribution is -0.137. The zero-order valence-corrected chi connectivity index (χ0v) is 13.3. The Bertz CT molecular complexity index is 843. The molecule has 0 aliphatic carbocycles. The summed E-state index contributed by atoms with van der Waals surface area (Å²) in [5.74, 6) is 0.568. The van der Waals surface area contributed by atoms with Crippen LogP contribution in [0.5, 0.6) is 5.75 Å². The summed E-state index contributed by atoms with van der Waals surface area (Å²) in [5, 5.41) is 0. The van der Waals surface area contributed by atoms with Crippen molar-refractivity contribution in [2.24, 2.45) is 0 Å². The van der Waals surface area contributed by atoms with Crippen molar-refractivity contribution in [1.82, 2.24) is 0 Å². The molecule has 128 valence electrons. The molecule has 3 aromatic carbocycles. The highest BCUT2D eigenvalue weighted by molar-refractivity contribution is 5.70. The number of nitrogen functional groups attached to an aromatic ring is 1. The Labute approximate surface area is 143 Å². The summed E-state index contributed by atoms with van der Waals surface area (Å²) in [6.07, 6.45) is -4.35. The average molecular weight is 343 g/mol. The van der Waals surface area contributed by atoms with Crippen molar-refractivity contribution >= 4 is 5.69 Å². The highest BCUT2D eigenvalue weighted by Crippen LogP contribution is 2.32. The van der Waals surface area contributed by atoms with Gasteiger partial charge in [0.15, 0.2) is 0 Å². The number of rotatable bonds is 4. The van der Waals surface area contributed by atoms with Gasteiger partial charge in [0.2, 0.25) is 0 Å². The van der Waals surface area contributed by atoms with E-state index in [1.807, 2.05) is 30.3 Å². The molecule has 25 heavy (non-hydrogen) atoms. The molecule has 0 spiro atoms. The van der Waals surface area contributed by atoms with E-state index in [1.54, 1.807) is 18.2 Å². The van der Waals surface area contributed by atoms with Crippen molar-refractivity contribution in [3.05, 3.63) is 83.9 Å². The first-order valence-electron chi connectivity index (χ1n) is 7.67. The van der Waals surface area contributed by atoms with E-state index in [4.69, 9.17) is 10.5 Å². The molecule has 0 radical (unpaired) electrons. The van der Waals surface area contributed by atoms with Crippen molar-refractivity contribution in [1.29, 1.82) is 0 Å². The number of ether oxygens (including phenoxy) is 1. The Balaban J connectivity index is 1.81. The fourth-order valence-corrected chi connectivity index (χ4v) is 2.46. The quantitative estimate of drug-likeness (QED) is 0.632. The van der Waals surface area contributed by atoms with Crippen LogP contribution in [-0.4, -0.2) is 0 Å². The molecular weight excluding hydrogens is 327 g/mol. The standard InChI is InChI=1S/C20H16F3NO/c21-20(22,23)17-8-6-15(7-9-17)16-10-18(24)12-19(11-16)25-13-14-4-2-1-3-5-14/h1-12H,13,24H2. The van der Waals surface area contributed by atoms with E-state index in [0.29, 0.717) is 29.2 Å². The minimum Gasteiger partial charge on any atom is -0.489 e. The predicted octanol–water partition coefficient (Wildman–Crippen LogP) is 5.53. The average Bonchev–Trinajstić information content (AvgIpc) is 2.60. The number of anilines is 1. The zero-order valence-electron chi connectivity index (χ0n) is 13.3. The molecule has 0 heterocycles. The largest absolute Gasteiger partial charge is 0.489 e. The van der Waals surface area contributed by atoms with Crippen LogP contribution in [0.3, 0.4) is 0 Å². The molecule has 0 fully saturated rings. The van der Waals surface area contributed by atoms with E-state index in [1.165, 1.54) is 12.1 Å². The Morgan fingerprint density at radius 2 is 1.48 bits per heavy atom. The molecule has 2 nitrogen and oxygen atoms in total. The topological polar surface area (TPSA) is 35.2 Å². The van der Waals surface area contributed by atoms with Crippen LogP contribution < -0.4 is 10.5 Å². The number of hydrogen-bond acceptors (Lipinski definition) is 2. The van der Waals surface area contributed by atoms with E-state index in [-0.39, 0.29) is 0 Å². The summed E-state index contributed by atoms with van der Waals surface area (Å²) < 4.78 is 43.8. The van der Waals surface area contributed by atoms with Gasteiger partial charge in [-0.2, -0.15) is 13.2 Å². The van der Waals surface area contributed by atoms with Gasteiger partial charge in [-0.3, -0.25) is 0 Å². The molecule has 0 aliphatic rings. The van der Waals surface area contributed by atoms with E-state index in [0.717, 1.165) is 17.7 Å². The van der Waals surface area contributed by atoms with E-state index < -0.39 is 11.7 Å². The summed E-state index contributed by atoms with van der Waals surface area (Å²) in [4.78, 5) is 0. The van der Waals surface area contributed by atoms with Crippen LogP contribution in [0.4, 0.5) is 18.9 Å². The van der Waals surface area contributed by atoms with Gasteiger partial charge in [0.05, 0.1) is 5.56 Å². The molecule has 0 aliphatic heterocycles. The molecule has 0 saturated carbocycles. The third kappa shape index (κ3) is 4.32. The number of halogens is 3. The van der Waals surface area contributed by atoms with Gasteiger partial charge >= 0.3 is 6.18 Å². The van der Waals surface area contributed by atoms with Crippen LogP contribution in [0.1, 0.15) is 11.1 Å². The maximum absolute atomic E-state index is 12.7. The SMILES string of the molecule is Nc1cc(OCc2ccccc2)cc(-c2ccc(C(F)(F)F)cc2)c1. The molecule has 3 rings (SSSR count). The predicted molar refractivity (Wildman–Crippen MR) is 92.1 cm³/mol. The first-order valence-corrected chi connectivity index (χ1v) is 7.67. The lowest BCUT2D eigenvalue weighted by Crippen LogP contribution is -2.04. The first kappa shape index (κ1) is 16.9. The minimum absolute atomic E-state index is 0.386. The molecule has 0 saturated heterocycles. The number of hydrogen-bond donors (Lipinski definition) is 1. The molecule has 0 unspecified atom stereocenters. The highest BCUT2D eigenvalue weighted by Gasteiger charge is 2.29. The second-order valence-corrected chi connectivity index (χ2v) is 5.64. The second-order valence-electron chi connectivity index (χ2n) is 5.64. The van der Waals surface area contributed by atoms with Gasteiger partial charge in [0.1, 0.15) is 12.4 Å². The molecule has 0 amide bonds. The summed E-state index contributed by atoms with van der Waals surface area (Å²) in [7, 11) is 0. The Hall–Kier alpha value is -2.95. The van der Waals surface area contributed by atoms with Crippen LogP contribution in [0, 0.1) is 0 Å². The summed E-state index contributed by atoms with van der Waals surface area (Å²) >= 11 is 0. The van der Waals surface area contributed by atoms with E-state index in [9.17, 15) is 13.2 Å². The number of alkyl halides is 3. The molecule has 2 N–H and O–H groups in total. The van der Waals surface area contributed by atoms with Gasteiger partial charge in [-0.15, -0.1) is 0 Å². The van der Waals surface area contributed by atoms with Crippen molar-refractivity contribution in [2.45, 2.75) is 12.8 Å². The molecule has 0 aromatic heterocycles. The second kappa shape index (κ2) is 6.89. The van der Waals surface area contributed by atoms with E-state index in [2.05, 4.69) is 0 Å². The van der Waals surface area contributed by atoms with Crippen LogP contribution in [-0.2, 0) is 12.8 Å². The van der Waals surface area contributed by atoms with Gasteiger partial charge in [-0.1, -0.05) is 42.5 Å². The number of benzene rings is 3. The van der Waals surface area contributed by atoms with Crippen LogP contribution in [0.25, 0.3) is 11.1 Å². The van der Waals surface area contributed by atoms with Crippen molar-refractivity contribution in [3.63, 3.8) is 0 Å². The lowest BCUT2D eigenvalue weighted by atomic mass is 10.0. The van der Waals surface area contributed by atoms with Crippen molar-refractivity contribution in [2.75, 3.05) is 5.73 Å². The first-order chi connectivity index (χ1) is 11.9. The third-order valence-electron chi connectivity index (χ3n) is 3.72. The fourth-order valence-electron chi connectivity index (χ4n) is 2.46. The van der Waals surface area contributed by atoms with Gasteiger partial charge in [0.25, 0.3) is 0 Å². The van der Waals surface area contributed by atoms with Crippen molar-refractivity contribution < 1.29 is 17.9 Å². The third-order valence-corrected chi connectivity index (χ3v) is 3.72. The van der Waals surface area contributed by atoms with Gasteiger partial charge < -0.3 is 10.5 Å². The van der Waals surface area contributed by atoms with Gasteiger partial charge in [-0.25, -0.2) is 0 Å². The Morgan fingerprint density at radius 1 is 0.800 bits per heavy atom. The van der Waals surface area contributed by atoms with Crippen LogP contribution >= 0.6 is 0 Å². The normalized spacial score (nSPS) is 11.3. The maximum atomic E-state index is 12.7. The molecule has 5 heteroatoms. The van der Waals surface area contributed by atoms with Crippen molar-refractivity contribution in [3.8, 4) is 16.9 Å². The Kier molecular flexibility index (Phi) is 4.65. The minimum atomic E-state index is -4.35. The summed E-state index contributed by atoms with van der Waals surface area (Å²) in [6, 6.07) is 19.8. The molecular formula is C20H16F3NO. The number of nitrogens with two attached hydrogens (primary N) is 1. The summed E-state index contributed by atoms with van der Waals surface area (Å²) in [5.41, 5.74) is 8.08. The lowest BCUT2D eigenvalue weighted by Gasteiger charge is -2.11. The van der Waals surface area contributed by atoms with Gasteiger partial charge in [-0.05, 0) is 41.0 Å². The zero-order chi connectivity index (χ0) is 17.9. The summed E-state index contributed by atoms with van der Waals surface area (Å²) in [6.45, 7) is 0.386. The monoisotopic (exact) mass is 343 g/mol. The fraction of sp³-hybridized carbons (Fsp3) is 0.100. The maximum Gasteiger partial charge on any atom is 0.416 e. The molecule has 3 aromatic rings. The van der Waals surface area contributed by atoms with E-state index >= 15 is 0 Å². The van der Waals surface area contributed by atoms with Crippen LogP contribution in [0.15, 0.2) is 72.8 Å². The molecule has 0 bridgehead atoms. The smallest absolute Gasteiger partial charge is 0.416 e. The Morgan fingerprint density at radius 3 is 2.12 bits per heavy atom. The molecule has 0 atom stereocenters. The van der Waals surface area contributed by atoms with Crippen LogP contribution in [0.2, 0.25) is 0 Å². The highest BCUT2D eigenvalue weighted by atomic mass is 19.4. The van der Waals surface area contributed by atoms with Gasteiger partial charge in [0, 0.05) is 11.8 Å².